The molecule has 0 spiro atoms. The largest absolute Gasteiger partial charge is 0.491 e. The zero-order valence-corrected chi connectivity index (χ0v) is 11.0. The van der Waals surface area contributed by atoms with E-state index < -0.39 is 0 Å². The molecule has 17 heavy (non-hydrogen) atoms. The van der Waals surface area contributed by atoms with Crippen molar-refractivity contribution in [2.75, 3.05) is 26.1 Å². The van der Waals surface area contributed by atoms with Gasteiger partial charge >= 0.3 is 0 Å². The summed E-state index contributed by atoms with van der Waals surface area (Å²) in [6.07, 6.45) is 0.937. The fourth-order valence-electron chi connectivity index (χ4n) is 1.46. The molecule has 0 N–H and O–H groups in total. The molecule has 1 amide bonds. The van der Waals surface area contributed by atoms with E-state index in [0.29, 0.717) is 13.2 Å². The normalized spacial score (nSPS) is 10.1. The van der Waals surface area contributed by atoms with Gasteiger partial charge < -0.3 is 9.64 Å². The van der Waals surface area contributed by atoms with Gasteiger partial charge in [0.15, 0.2) is 0 Å². The number of likely N-dealkylation sites (N-methyl/N-ethyl adjacent to an activating group) is 1. The van der Waals surface area contributed by atoms with Crippen LogP contribution >= 0.6 is 11.6 Å². The number of benzene rings is 1. The minimum atomic E-state index is -0.0842. The Hall–Kier alpha value is -1.22. The van der Waals surface area contributed by atoms with E-state index in [1.54, 1.807) is 11.9 Å². The minimum absolute atomic E-state index is 0.0159. The topological polar surface area (TPSA) is 29.5 Å². The highest BCUT2D eigenvalue weighted by Gasteiger charge is 2.07. The van der Waals surface area contributed by atoms with Crippen molar-refractivity contribution in [2.45, 2.75) is 13.3 Å². The maximum absolute atomic E-state index is 11.2. The van der Waals surface area contributed by atoms with E-state index >= 15 is 0 Å². The van der Waals surface area contributed by atoms with Gasteiger partial charge in [0.25, 0.3) is 0 Å². The van der Waals surface area contributed by atoms with Crippen molar-refractivity contribution >= 4 is 17.5 Å². The van der Waals surface area contributed by atoms with Crippen LogP contribution < -0.4 is 4.74 Å². The summed E-state index contributed by atoms with van der Waals surface area (Å²) in [5.74, 6) is 0.822. The van der Waals surface area contributed by atoms with Crippen LogP contribution in [0.1, 0.15) is 12.5 Å². The number of carbonyl (C=O) groups is 1. The molecule has 0 fully saturated rings. The first kappa shape index (κ1) is 13.8. The Kier molecular flexibility index (Phi) is 5.84. The number of hydrogen-bond donors (Lipinski definition) is 0. The number of amides is 1. The molecule has 0 bridgehead atoms. The van der Waals surface area contributed by atoms with Crippen molar-refractivity contribution in [1.29, 1.82) is 0 Å². The third kappa shape index (κ3) is 4.27. The molecule has 0 atom stereocenters. The molecule has 0 aliphatic carbocycles. The maximum atomic E-state index is 11.2. The number of alkyl halides is 1. The van der Waals surface area contributed by atoms with Gasteiger partial charge in [-0.25, -0.2) is 0 Å². The molecule has 0 aliphatic rings. The third-order valence-corrected chi connectivity index (χ3v) is 2.81. The first-order chi connectivity index (χ1) is 8.19. The van der Waals surface area contributed by atoms with Gasteiger partial charge in [0.05, 0.1) is 6.54 Å². The van der Waals surface area contributed by atoms with Crippen LogP contribution in [-0.4, -0.2) is 36.9 Å². The van der Waals surface area contributed by atoms with Gasteiger partial charge in [-0.05, 0) is 18.1 Å². The number of nitrogens with zero attached hydrogens (tertiary/aromatic N) is 1. The summed E-state index contributed by atoms with van der Waals surface area (Å²) in [5.41, 5.74) is 1.18. The Morgan fingerprint density at radius 3 is 2.76 bits per heavy atom. The monoisotopic (exact) mass is 255 g/mol. The van der Waals surface area contributed by atoms with E-state index in [1.165, 1.54) is 5.56 Å². The molecule has 1 aromatic rings. The zero-order valence-electron chi connectivity index (χ0n) is 10.3. The molecule has 0 heterocycles. The first-order valence-corrected chi connectivity index (χ1v) is 6.23. The Morgan fingerprint density at radius 1 is 1.41 bits per heavy atom. The second-order valence-corrected chi connectivity index (χ2v) is 4.03. The van der Waals surface area contributed by atoms with Gasteiger partial charge in [0.1, 0.15) is 18.2 Å². The molecule has 0 saturated heterocycles. The van der Waals surface area contributed by atoms with Crippen LogP contribution in [0.25, 0.3) is 0 Å². The van der Waals surface area contributed by atoms with Crippen LogP contribution in [0.5, 0.6) is 5.75 Å². The molecule has 1 rings (SSSR count). The molecule has 0 aliphatic heterocycles. The molecular formula is C13H18ClNO2. The third-order valence-electron chi connectivity index (χ3n) is 2.58. The molecular weight excluding hydrogens is 238 g/mol. The zero-order chi connectivity index (χ0) is 12.7. The van der Waals surface area contributed by atoms with E-state index in [-0.39, 0.29) is 11.8 Å². The van der Waals surface area contributed by atoms with Gasteiger partial charge in [0, 0.05) is 7.05 Å². The van der Waals surface area contributed by atoms with E-state index in [4.69, 9.17) is 16.3 Å². The lowest BCUT2D eigenvalue weighted by Crippen LogP contribution is -2.31. The Morgan fingerprint density at radius 2 is 2.12 bits per heavy atom. The summed E-state index contributed by atoms with van der Waals surface area (Å²) in [4.78, 5) is 12.8. The molecule has 94 valence electrons. The summed E-state index contributed by atoms with van der Waals surface area (Å²) in [5, 5.41) is 0. The molecule has 0 saturated carbocycles. The SMILES string of the molecule is CCc1ccccc1OCCN(C)C(=O)CCl. The van der Waals surface area contributed by atoms with Crippen LogP contribution in [-0.2, 0) is 11.2 Å². The molecule has 0 unspecified atom stereocenters. The maximum Gasteiger partial charge on any atom is 0.237 e. The minimum Gasteiger partial charge on any atom is -0.491 e. The number of halogens is 1. The van der Waals surface area contributed by atoms with Crippen LogP contribution in [0.2, 0.25) is 0 Å². The highest BCUT2D eigenvalue weighted by molar-refractivity contribution is 6.27. The molecule has 3 nitrogen and oxygen atoms in total. The Balaban J connectivity index is 2.43. The van der Waals surface area contributed by atoms with Crippen molar-refractivity contribution in [3.05, 3.63) is 29.8 Å². The van der Waals surface area contributed by atoms with Crippen molar-refractivity contribution in [1.82, 2.24) is 4.90 Å². The highest BCUT2D eigenvalue weighted by atomic mass is 35.5. The predicted molar refractivity (Wildman–Crippen MR) is 69.7 cm³/mol. The number of carbonyl (C=O) groups excluding carboxylic acids is 1. The smallest absolute Gasteiger partial charge is 0.237 e. The van der Waals surface area contributed by atoms with Crippen LogP contribution in [0.4, 0.5) is 0 Å². The summed E-state index contributed by atoms with van der Waals surface area (Å²) in [6, 6.07) is 7.93. The van der Waals surface area contributed by atoms with Gasteiger partial charge in [-0.3, -0.25) is 4.79 Å². The summed E-state index contributed by atoms with van der Waals surface area (Å²) < 4.78 is 5.66. The Labute approximate surface area is 107 Å². The first-order valence-electron chi connectivity index (χ1n) is 5.69. The predicted octanol–water partition coefficient (Wildman–Crippen LogP) is 2.33. The van der Waals surface area contributed by atoms with Crippen molar-refractivity contribution in [3.8, 4) is 5.75 Å². The molecule has 4 heteroatoms. The lowest BCUT2D eigenvalue weighted by Gasteiger charge is -2.17. The van der Waals surface area contributed by atoms with Crippen LogP contribution in [0.3, 0.4) is 0 Å². The number of para-hydroxylation sites is 1. The van der Waals surface area contributed by atoms with Gasteiger partial charge in [-0.1, -0.05) is 25.1 Å². The number of aryl methyl sites for hydroxylation is 1. The summed E-state index contributed by atoms with van der Waals surface area (Å²) >= 11 is 5.46. The quantitative estimate of drug-likeness (QED) is 0.730. The van der Waals surface area contributed by atoms with Crippen molar-refractivity contribution in [3.63, 3.8) is 0 Å². The van der Waals surface area contributed by atoms with E-state index in [9.17, 15) is 4.79 Å². The van der Waals surface area contributed by atoms with Gasteiger partial charge in [0.2, 0.25) is 5.91 Å². The number of ether oxygens (including phenoxy) is 1. The highest BCUT2D eigenvalue weighted by Crippen LogP contribution is 2.17. The summed E-state index contributed by atoms with van der Waals surface area (Å²) in [6.45, 7) is 3.12. The molecule has 0 aromatic heterocycles. The van der Waals surface area contributed by atoms with Crippen LogP contribution in [0, 0.1) is 0 Å². The lowest BCUT2D eigenvalue weighted by molar-refractivity contribution is -0.127. The average molecular weight is 256 g/mol. The Bertz CT molecular complexity index is 368. The standard InChI is InChI=1S/C13H18ClNO2/c1-3-11-6-4-5-7-12(11)17-9-8-15(2)13(16)10-14/h4-7H,3,8-10H2,1-2H3. The van der Waals surface area contributed by atoms with Gasteiger partial charge in [-0.2, -0.15) is 0 Å². The van der Waals surface area contributed by atoms with Crippen molar-refractivity contribution in [2.24, 2.45) is 0 Å². The lowest BCUT2D eigenvalue weighted by atomic mass is 10.1. The van der Waals surface area contributed by atoms with Crippen LogP contribution in [0.15, 0.2) is 24.3 Å². The molecule has 1 aromatic carbocycles. The van der Waals surface area contributed by atoms with Crippen molar-refractivity contribution < 1.29 is 9.53 Å². The number of hydrogen-bond acceptors (Lipinski definition) is 2. The van der Waals surface area contributed by atoms with E-state index in [2.05, 4.69) is 6.92 Å². The second kappa shape index (κ2) is 7.17. The fraction of sp³-hybridized carbons (Fsp3) is 0.462. The van der Waals surface area contributed by atoms with Gasteiger partial charge in [-0.15, -0.1) is 11.6 Å². The summed E-state index contributed by atoms with van der Waals surface area (Å²) in [7, 11) is 1.72. The fourth-order valence-corrected chi connectivity index (χ4v) is 1.66. The van der Waals surface area contributed by atoms with E-state index in [1.807, 2.05) is 24.3 Å². The second-order valence-electron chi connectivity index (χ2n) is 3.76. The van der Waals surface area contributed by atoms with E-state index in [0.717, 1.165) is 12.2 Å². The number of rotatable bonds is 6. The molecule has 0 radical (unpaired) electrons. The average Bonchev–Trinajstić information content (AvgIpc) is 2.38.